The molecular weight excluding hydrogens is 372 g/mol. The summed E-state index contributed by atoms with van der Waals surface area (Å²) in [5.41, 5.74) is 0.176. The lowest BCUT2D eigenvalue weighted by Crippen LogP contribution is -2.01. The van der Waals surface area contributed by atoms with Crippen molar-refractivity contribution in [3.8, 4) is 0 Å². The van der Waals surface area contributed by atoms with E-state index in [0.717, 1.165) is 12.7 Å². The maximum absolute atomic E-state index is 10.7. The number of esters is 2. The molecule has 0 radical (unpaired) electrons. The molecule has 0 rings (SSSR count). The summed E-state index contributed by atoms with van der Waals surface area (Å²) in [5.74, 6) is -1.57. The highest BCUT2D eigenvalue weighted by atomic mass is 16.5. The predicted molar refractivity (Wildman–Crippen MR) is 117 cm³/mol. The van der Waals surface area contributed by atoms with Crippen molar-refractivity contribution in [2.24, 2.45) is 0 Å². The maximum atomic E-state index is 10.7. The van der Waals surface area contributed by atoms with Crippen LogP contribution in [-0.4, -0.2) is 29.6 Å². The molecule has 0 saturated carbocycles. The zero-order chi connectivity index (χ0) is 22.9. The first-order chi connectivity index (χ1) is 13.7. The molecule has 0 aliphatic heterocycles. The van der Waals surface area contributed by atoms with E-state index in [1.807, 2.05) is 0 Å². The van der Waals surface area contributed by atoms with Crippen LogP contribution in [0.2, 0.25) is 0 Å². The van der Waals surface area contributed by atoms with E-state index in [9.17, 15) is 14.4 Å². The Balaban J connectivity index is -0.000000460. The molecule has 0 fully saturated rings. The molecule has 0 unspecified atom stereocenters. The highest BCUT2D eigenvalue weighted by Gasteiger charge is 1.95. The molecule has 0 atom stereocenters. The van der Waals surface area contributed by atoms with Crippen LogP contribution in [0.15, 0.2) is 37.6 Å². The van der Waals surface area contributed by atoms with Crippen LogP contribution in [0.4, 0.5) is 0 Å². The average Bonchev–Trinajstić information content (AvgIpc) is 2.66. The molecule has 0 saturated heterocycles. The van der Waals surface area contributed by atoms with Crippen molar-refractivity contribution in [2.75, 3.05) is 6.61 Å². The highest BCUT2D eigenvalue weighted by molar-refractivity contribution is 5.84. The van der Waals surface area contributed by atoms with Gasteiger partial charge in [-0.05, 0) is 13.3 Å². The fourth-order valence-electron chi connectivity index (χ4n) is 1.94. The average molecular weight is 413 g/mol. The molecule has 0 spiro atoms. The molecule has 0 bridgehead atoms. The number of hydrogen-bond acceptors (Lipinski definition) is 5. The van der Waals surface area contributed by atoms with Crippen molar-refractivity contribution in [1.82, 2.24) is 0 Å². The molecule has 0 aromatic carbocycles. The van der Waals surface area contributed by atoms with Crippen molar-refractivity contribution < 1.29 is 29.0 Å². The molecule has 0 aromatic heterocycles. The van der Waals surface area contributed by atoms with Crippen molar-refractivity contribution >= 4 is 17.9 Å². The summed E-state index contributed by atoms with van der Waals surface area (Å²) in [7, 11) is 0. The number of carboxylic acid groups (broad SMARTS) is 1. The first-order valence-electron chi connectivity index (χ1n) is 10.2. The van der Waals surface area contributed by atoms with E-state index in [1.54, 1.807) is 0 Å². The Hall–Kier alpha value is -2.37. The second kappa shape index (κ2) is 25.6. The number of ether oxygens (including phenoxy) is 2. The predicted octanol–water partition coefficient (Wildman–Crippen LogP) is 5.98. The lowest BCUT2D eigenvalue weighted by molar-refractivity contribution is -0.138. The molecule has 0 aliphatic rings. The van der Waals surface area contributed by atoms with Gasteiger partial charge in [0.15, 0.2) is 0 Å². The number of carboxylic acids is 1. The third-order valence-corrected chi connectivity index (χ3v) is 3.52. The zero-order valence-electron chi connectivity index (χ0n) is 18.5. The van der Waals surface area contributed by atoms with Crippen LogP contribution in [0, 0.1) is 0 Å². The molecule has 0 heterocycles. The van der Waals surface area contributed by atoms with Gasteiger partial charge in [-0.25, -0.2) is 9.59 Å². The van der Waals surface area contributed by atoms with Gasteiger partial charge in [0.1, 0.15) is 0 Å². The quantitative estimate of drug-likeness (QED) is 0.163. The van der Waals surface area contributed by atoms with Crippen LogP contribution in [0.3, 0.4) is 0 Å². The van der Waals surface area contributed by atoms with Gasteiger partial charge in [0.2, 0.25) is 0 Å². The van der Waals surface area contributed by atoms with Crippen LogP contribution in [0.1, 0.15) is 85.0 Å². The molecule has 0 aromatic rings. The van der Waals surface area contributed by atoms with Gasteiger partial charge in [-0.15, -0.1) is 0 Å². The van der Waals surface area contributed by atoms with Gasteiger partial charge >= 0.3 is 17.9 Å². The number of rotatable bonds is 14. The number of unbranched alkanes of at least 4 members (excludes halogenated alkanes) is 9. The van der Waals surface area contributed by atoms with Crippen LogP contribution in [0.25, 0.3) is 0 Å². The molecule has 6 nitrogen and oxygen atoms in total. The van der Waals surface area contributed by atoms with Crippen LogP contribution < -0.4 is 0 Å². The van der Waals surface area contributed by atoms with Crippen molar-refractivity contribution in [2.45, 2.75) is 85.0 Å². The summed E-state index contributed by atoms with van der Waals surface area (Å²) < 4.78 is 9.07. The Kier molecular flexibility index (Phi) is 27.7. The molecule has 0 aliphatic carbocycles. The Bertz CT molecular complexity index is 456. The fraction of sp³-hybridized carbons (Fsp3) is 0.609. The topological polar surface area (TPSA) is 89.9 Å². The normalized spacial score (nSPS) is 8.93. The standard InChI is InChI=1S/C15H28O2.2C4H6O2/c1-3-5-6-7-8-9-10-11-12-13-14-17-15(16)4-2;1-3-6-4(2)5;1-3(2)4(5)6/h4H,2-3,5-14H2,1H3;3H,1H2,2H3;1H2,2H3,(H,5,6). The van der Waals surface area contributed by atoms with Gasteiger partial charge in [0, 0.05) is 18.6 Å². The lowest BCUT2D eigenvalue weighted by Gasteiger charge is -2.03. The van der Waals surface area contributed by atoms with E-state index < -0.39 is 5.97 Å². The largest absolute Gasteiger partial charge is 0.478 e. The summed E-state index contributed by atoms with van der Waals surface area (Å²) in [6.45, 7) is 15.2. The molecule has 29 heavy (non-hydrogen) atoms. The summed E-state index contributed by atoms with van der Waals surface area (Å²) in [6, 6.07) is 0. The van der Waals surface area contributed by atoms with E-state index >= 15 is 0 Å². The van der Waals surface area contributed by atoms with E-state index in [0.29, 0.717) is 6.61 Å². The second-order valence-corrected chi connectivity index (χ2v) is 6.42. The number of carbonyl (C=O) groups excluding carboxylic acids is 2. The van der Waals surface area contributed by atoms with Gasteiger partial charge < -0.3 is 14.6 Å². The first kappa shape index (κ1) is 31.3. The van der Waals surface area contributed by atoms with Crippen molar-refractivity contribution in [3.05, 3.63) is 37.6 Å². The van der Waals surface area contributed by atoms with Gasteiger partial charge in [-0.3, -0.25) is 4.79 Å². The third-order valence-electron chi connectivity index (χ3n) is 3.52. The van der Waals surface area contributed by atoms with Gasteiger partial charge in [-0.1, -0.05) is 84.4 Å². The summed E-state index contributed by atoms with van der Waals surface area (Å²) in [4.78, 5) is 30.1. The zero-order valence-corrected chi connectivity index (χ0v) is 18.5. The van der Waals surface area contributed by atoms with Crippen LogP contribution in [0.5, 0.6) is 0 Å². The minimum Gasteiger partial charge on any atom is -0.478 e. The van der Waals surface area contributed by atoms with Gasteiger partial charge in [-0.2, -0.15) is 0 Å². The molecule has 6 heteroatoms. The summed E-state index contributed by atoms with van der Waals surface area (Å²) >= 11 is 0. The first-order valence-corrected chi connectivity index (χ1v) is 10.2. The minimum absolute atomic E-state index is 0.176. The lowest BCUT2D eigenvalue weighted by atomic mass is 10.1. The van der Waals surface area contributed by atoms with Crippen LogP contribution in [-0.2, 0) is 23.9 Å². The number of carbonyl (C=O) groups is 3. The van der Waals surface area contributed by atoms with Crippen molar-refractivity contribution in [3.63, 3.8) is 0 Å². The fourth-order valence-corrected chi connectivity index (χ4v) is 1.94. The van der Waals surface area contributed by atoms with E-state index in [-0.39, 0.29) is 17.5 Å². The van der Waals surface area contributed by atoms with Gasteiger partial charge in [0.05, 0.1) is 12.9 Å². The van der Waals surface area contributed by atoms with Crippen molar-refractivity contribution in [1.29, 1.82) is 0 Å². The molecule has 168 valence electrons. The number of aliphatic carboxylic acids is 1. The Morgan fingerprint density at radius 2 is 1.28 bits per heavy atom. The summed E-state index contributed by atoms with van der Waals surface area (Å²) in [5, 5.41) is 7.89. The Morgan fingerprint density at radius 3 is 1.55 bits per heavy atom. The third kappa shape index (κ3) is 37.1. The minimum atomic E-state index is -0.935. The molecule has 0 amide bonds. The highest BCUT2D eigenvalue weighted by Crippen LogP contribution is 2.10. The second-order valence-electron chi connectivity index (χ2n) is 6.42. The SMILES string of the molecule is C=C(C)C(=O)O.C=CC(=O)OCCCCCCCCCCCC.C=COC(C)=O. The smallest absolute Gasteiger partial charge is 0.330 e. The molecule has 1 N–H and O–H groups in total. The van der Waals surface area contributed by atoms with Crippen LogP contribution >= 0.6 is 0 Å². The van der Waals surface area contributed by atoms with E-state index in [4.69, 9.17) is 9.84 Å². The maximum Gasteiger partial charge on any atom is 0.330 e. The molecular formula is C23H40O6. The van der Waals surface area contributed by atoms with E-state index in [2.05, 4.69) is 31.4 Å². The Morgan fingerprint density at radius 1 is 0.862 bits per heavy atom. The number of hydrogen-bond donors (Lipinski definition) is 1. The van der Waals surface area contributed by atoms with Gasteiger partial charge in [0.25, 0.3) is 0 Å². The summed E-state index contributed by atoms with van der Waals surface area (Å²) in [6.07, 6.45) is 15.3. The van der Waals surface area contributed by atoms with E-state index in [1.165, 1.54) is 77.7 Å². The monoisotopic (exact) mass is 412 g/mol. The Labute approximate surface area is 176 Å².